The lowest BCUT2D eigenvalue weighted by molar-refractivity contribution is 0.422. The molecule has 17 heavy (non-hydrogen) atoms. The van der Waals surface area contributed by atoms with Crippen molar-refractivity contribution in [2.24, 2.45) is 0 Å². The molecule has 0 radical (unpaired) electrons. The predicted molar refractivity (Wildman–Crippen MR) is 61.4 cm³/mol. The van der Waals surface area contributed by atoms with Crippen molar-refractivity contribution in [2.75, 3.05) is 4.72 Å². The van der Waals surface area contributed by atoms with Crippen molar-refractivity contribution in [3.63, 3.8) is 0 Å². The molecule has 0 aliphatic heterocycles. The second-order valence-corrected chi connectivity index (χ2v) is 6.17. The Kier molecular flexibility index (Phi) is 2.40. The molecule has 1 fully saturated rings. The van der Waals surface area contributed by atoms with Gasteiger partial charge in [-0.05, 0) is 18.8 Å². The summed E-state index contributed by atoms with van der Waals surface area (Å²) in [7, 11) is -3.64. The lowest BCUT2D eigenvalue weighted by Gasteiger charge is -2.03. The van der Waals surface area contributed by atoms with Gasteiger partial charge in [-0.25, -0.2) is 4.98 Å². The maximum absolute atomic E-state index is 11.9. The number of nitrogens with one attached hydrogen (secondary N) is 1. The number of aromatic nitrogens is 2. The first-order chi connectivity index (χ1) is 8.17. The number of anilines is 1. The molecule has 1 N–H and O–H groups in total. The van der Waals surface area contributed by atoms with Gasteiger partial charge in [0.05, 0.1) is 5.51 Å². The summed E-state index contributed by atoms with van der Waals surface area (Å²) < 4.78 is 31.0. The van der Waals surface area contributed by atoms with Crippen LogP contribution in [0.5, 0.6) is 0 Å². The topological polar surface area (TPSA) is 85.1 Å². The number of thiazole rings is 1. The van der Waals surface area contributed by atoms with E-state index in [1.807, 2.05) is 0 Å². The van der Waals surface area contributed by atoms with Crippen molar-refractivity contribution >= 4 is 27.2 Å². The summed E-state index contributed by atoms with van der Waals surface area (Å²) in [6.45, 7) is 0. The summed E-state index contributed by atoms with van der Waals surface area (Å²) >= 11 is 1.23. The Morgan fingerprint density at radius 1 is 1.47 bits per heavy atom. The normalized spacial score (nSPS) is 16.0. The molecule has 0 amide bonds. The average Bonchev–Trinajstić information content (AvgIpc) is 2.82. The van der Waals surface area contributed by atoms with Crippen LogP contribution >= 0.6 is 11.3 Å². The molecular weight excluding hydrogens is 262 g/mol. The van der Waals surface area contributed by atoms with Gasteiger partial charge in [0.2, 0.25) is 0 Å². The molecule has 8 heteroatoms. The summed E-state index contributed by atoms with van der Waals surface area (Å²) in [5, 5.41) is 5.16. The van der Waals surface area contributed by atoms with Gasteiger partial charge in [-0.15, -0.1) is 11.3 Å². The maximum atomic E-state index is 11.9. The van der Waals surface area contributed by atoms with E-state index in [0.717, 1.165) is 18.4 Å². The van der Waals surface area contributed by atoms with Crippen LogP contribution in [0.25, 0.3) is 0 Å². The molecule has 1 aliphatic rings. The summed E-state index contributed by atoms with van der Waals surface area (Å²) in [4.78, 5) is 3.77. The Hall–Kier alpha value is -1.41. The number of sulfonamides is 1. The van der Waals surface area contributed by atoms with Crippen LogP contribution in [0.4, 0.5) is 5.82 Å². The molecule has 1 aliphatic carbocycles. The smallest absolute Gasteiger partial charge is 0.281 e. The summed E-state index contributed by atoms with van der Waals surface area (Å²) in [6.07, 6.45) is 3.59. The van der Waals surface area contributed by atoms with Gasteiger partial charge >= 0.3 is 0 Å². The van der Waals surface area contributed by atoms with E-state index in [1.165, 1.54) is 28.5 Å². The summed E-state index contributed by atoms with van der Waals surface area (Å²) in [6, 6.07) is 0. The molecule has 0 spiro atoms. The van der Waals surface area contributed by atoms with Crippen LogP contribution in [0, 0.1) is 0 Å². The van der Waals surface area contributed by atoms with Crippen molar-refractivity contribution in [3.8, 4) is 0 Å². The van der Waals surface area contributed by atoms with Crippen molar-refractivity contribution in [3.05, 3.63) is 22.7 Å². The van der Waals surface area contributed by atoms with Crippen LogP contribution in [-0.4, -0.2) is 18.6 Å². The van der Waals surface area contributed by atoms with Crippen LogP contribution in [0.3, 0.4) is 0 Å². The minimum atomic E-state index is -3.64. The highest BCUT2D eigenvalue weighted by Crippen LogP contribution is 2.43. The van der Waals surface area contributed by atoms with E-state index >= 15 is 0 Å². The highest BCUT2D eigenvalue weighted by molar-refractivity contribution is 7.92. The van der Waals surface area contributed by atoms with Crippen molar-refractivity contribution in [1.82, 2.24) is 10.1 Å². The van der Waals surface area contributed by atoms with Gasteiger partial charge in [-0.3, -0.25) is 4.72 Å². The van der Waals surface area contributed by atoms with Gasteiger partial charge in [0.15, 0.2) is 10.8 Å². The zero-order valence-electron chi connectivity index (χ0n) is 8.66. The molecule has 6 nitrogen and oxygen atoms in total. The lowest BCUT2D eigenvalue weighted by atomic mass is 10.2. The molecule has 2 heterocycles. The summed E-state index contributed by atoms with van der Waals surface area (Å²) in [5.41, 5.74) is 2.29. The minimum Gasteiger partial charge on any atom is -0.362 e. The van der Waals surface area contributed by atoms with Crippen LogP contribution in [0.15, 0.2) is 26.7 Å². The van der Waals surface area contributed by atoms with Crippen LogP contribution in [-0.2, 0) is 10.0 Å². The largest absolute Gasteiger partial charge is 0.362 e. The van der Waals surface area contributed by atoms with Gasteiger partial charge < -0.3 is 4.52 Å². The molecule has 0 bridgehead atoms. The third kappa shape index (κ3) is 2.05. The van der Waals surface area contributed by atoms with E-state index in [4.69, 9.17) is 4.52 Å². The third-order valence-corrected chi connectivity index (χ3v) is 4.50. The van der Waals surface area contributed by atoms with Gasteiger partial charge in [0, 0.05) is 10.9 Å². The van der Waals surface area contributed by atoms with Crippen molar-refractivity contribution < 1.29 is 12.9 Å². The molecule has 2 aromatic heterocycles. The zero-order valence-corrected chi connectivity index (χ0v) is 10.3. The van der Waals surface area contributed by atoms with E-state index < -0.39 is 10.0 Å². The highest BCUT2D eigenvalue weighted by atomic mass is 32.2. The van der Waals surface area contributed by atoms with E-state index in [1.54, 1.807) is 0 Å². The average molecular weight is 271 g/mol. The van der Waals surface area contributed by atoms with Crippen LogP contribution in [0.1, 0.15) is 24.3 Å². The molecule has 0 saturated heterocycles. The third-order valence-electron chi connectivity index (χ3n) is 2.53. The molecule has 0 unspecified atom stereocenters. The van der Waals surface area contributed by atoms with Gasteiger partial charge in [-0.2, -0.15) is 8.42 Å². The molecule has 3 rings (SSSR count). The Morgan fingerprint density at radius 3 is 2.94 bits per heavy atom. The van der Waals surface area contributed by atoms with E-state index in [2.05, 4.69) is 14.9 Å². The Balaban J connectivity index is 1.89. The van der Waals surface area contributed by atoms with Gasteiger partial charge in [-0.1, -0.05) is 5.16 Å². The van der Waals surface area contributed by atoms with Crippen LogP contribution < -0.4 is 4.72 Å². The highest BCUT2D eigenvalue weighted by Gasteiger charge is 2.30. The van der Waals surface area contributed by atoms with Crippen molar-refractivity contribution in [1.29, 1.82) is 0 Å². The predicted octanol–water partition coefficient (Wildman–Crippen LogP) is 1.81. The van der Waals surface area contributed by atoms with Gasteiger partial charge in [0.25, 0.3) is 10.0 Å². The molecule has 0 aromatic carbocycles. The van der Waals surface area contributed by atoms with E-state index in [0.29, 0.717) is 5.92 Å². The molecular formula is C9H9N3O3S2. The number of hydrogen-bond donors (Lipinski definition) is 1. The lowest BCUT2D eigenvalue weighted by Crippen LogP contribution is -2.14. The first-order valence-electron chi connectivity index (χ1n) is 5.02. The molecule has 1 saturated carbocycles. The fraction of sp³-hybridized carbons (Fsp3) is 0.333. The fourth-order valence-electron chi connectivity index (χ4n) is 1.52. The monoisotopic (exact) mass is 271 g/mol. The maximum Gasteiger partial charge on any atom is 0.281 e. The quantitative estimate of drug-likeness (QED) is 0.916. The fourth-order valence-corrected chi connectivity index (χ4v) is 3.38. The van der Waals surface area contributed by atoms with Crippen LogP contribution in [0.2, 0.25) is 0 Å². The molecule has 0 atom stereocenters. The first kappa shape index (κ1) is 10.7. The van der Waals surface area contributed by atoms with Gasteiger partial charge in [0.1, 0.15) is 6.26 Å². The molecule has 90 valence electrons. The first-order valence-corrected chi connectivity index (χ1v) is 7.45. The minimum absolute atomic E-state index is 0.00671. The van der Waals surface area contributed by atoms with Crippen molar-refractivity contribution in [2.45, 2.75) is 23.8 Å². The standard InChI is InChI=1S/C9H9N3O3S2/c13-17(14,8-4-16-5-10-8)12-9-7(3-15-11-9)6-1-2-6/h3-6H,1-2H2,(H,11,12). The Labute approximate surface area is 102 Å². The molecule has 2 aromatic rings. The number of nitrogens with zero attached hydrogens (tertiary/aromatic N) is 2. The Bertz CT molecular complexity index is 614. The Morgan fingerprint density at radius 2 is 2.29 bits per heavy atom. The van der Waals surface area contributed by atoms with E-state index in [-0.39, 0.29) is 10.8 Å². The SMILES string of the molecule is O=S(=O)(Nc1nocc1C1CC1)c1cscn1. The van der Waals surface area contributed by atoms with E-state index in [9.17, 15) is 8.42 Å². The zero-order chi connectivity index (χ0) is 11.9. The summed E-state index contributed by atoms with van der Waals surface area (Å²) in [5.74, 6) is 0.648. The second kappa shape index (κ2) is 3.81. The second-order valence-electron chi connectivity index (χ2n) is 3.82. The number of hydrogen-bond acceptors (Lipinski definition) is 6. The number of rotatable bonds is 4.